The van der Waals surface area contributed by atoms with E-state index in [0.717, 1.165) is 26.1 Å². The zero-order valence-electron chi connectivity index (χ0n) is 11.9. The standard InChI is InChI=1S/C12H27N3O2S/c1-4-6-13-7-10-18(16,17)15-9-8-14(5-2)12(3)11-15/h12-13H,4-11H2,1-3H3. The van der Waals surface area contributed by atoms with Crippen LogP contribution in [0.15, 0.2) is 0 Å². The van der Waals surface area contributed by atoms with Gasteiger partial charge in [0, 0.05) is 32.2 Å². The van der Waals surface area contributed by atoms with Crippen molar-refractivity contribution in [1.82, 2.24) is 14.5 Å². The van der Waals surface area contributed by atoms with E-state index in [9.17, 15) is 8.42 Å². The van der Waals surface area contributed by atoms with Crippen LogP contribution in [0.3, 0.4) is 0 Å². The lowest BCUT2D eigenvalue weighted by atomic mass is 10.2. The van der Waals surface area contributed by atoms with Crippen molar-refractivity contribution in [2.45, 2.75) is 33.2 Å². The summed E-state index contributed by atoms with van der Waals surface area (Å²) in [5, 5.41) is 3.15. The molecular weight excluding hydrogens is 250 g/mol. The summed E-state index contributed by atoms with van der Waals surface area (Å²) >= 11 is 0. The minimum Gasteiger partial charge on any atom is -0.316 e. The molecule has 1 unspecified atom stereocenters. The molecule has 108 valence electrons. The molecule has 18 heavy (non-hydrogen) atoms. The van der Waals surface area contributed by atoms with Crippen LogP contribution in [0.2, 0.25) is 0 Å². The zero-order chi connectivity index (χ0) is 13.6. The van der Waals surface area contributed by atoms with Gasteiger partial charge in [0.1, 0.15) is 0 Å². The molecule has 0 bridgehead atoms. The van der Waals surface area contributed by atoms with Crippen LogP contribution >= 0.6 is 0 Å². The second-order valence-corrected chi connectivity index (χ2v) is 6.99. The quantitative estimate of drug-likeness (QED) is 0.682. The molecule has 1 atom stereocenters. The fourth-order valence-electron chi connectivity index (χ4n) is 2.32. The molecule has 1 rings (SSSR count). The Morgan fingerprint density at radius 3 is 2.50 bits per heavy atom. The second kappa shape index (κ2) is 7.43. The summed E-state index contributed by atoms with van der Waals surface area (Å²) in [6, 6.07) is 0.321. The number of nitrogens with zero attached hydrogens (tertiary/aromatic N) is 2. The highest BCUT2D eigenvalue weighted by atomic mass is 32.2. The molecule has 0 radical (unpaired) electrons. The molecule has 5 nitrogen and oxygen atoms in total. The van der Waals surface area contributed by atoms with Gasteiger partial charge in [-0.05, 0) is 26.4 Å². The molecule has 0 aromatic carbocycles. The smallest absolute Gasteiger partial charge is 0.215 e. The molecule has 1 N–H and O–H groups in total. The van der Waals surface area contributed by atoms with Crippen molar-refractivity contribution in [2.24, 2.45) is 0 Å². The van der Waals surface area contributed by atoms with E-state index in [1.165, 1.54) is 0 Å². The number of rotatable bonds is 7. The SMILES string of the molecule is CCCNCCS(=O)(=O)N1CCN(CC)C(C)C1. The molecule has 0 amide bonds. The van der Waals surface area contributed by atoms with Gasteiger partial charge in [0.15, 0.2) is 0 Å². The summed E-state index contributed by atoms with van der Waals surface area (Å²) in [5.74, 6) is 0.214. The third kappa shape index (κ3) is 4.50. The molecule has 1 saturated heterocycles. The molecule has 1 heterocycles. The summed E-state index contributed by atoms with van der Waals surface area (Å²) in [6.45, 7) is 10.8. The van der Waals surface area contributed by atoms with Crippen LogP contribution in [0.5, 0.6) is 0 Å². The Morgan fingerprint density at radius 2 is 1.94 bits per heavy atom. The summed E-state index contributed by atoms with van der Waals surface area (Å²) in [5.41, 5.74) is 0. The van der Waals surface area contributed by atoms with E-state index in [0.29, 0.717) is 25.7 Å². The first kappa shape index (κ1) is 15.9. The second-order valence-electron chi connectivity index (χ2n) is 4.90. The van der Waals surface area contributed by atoms with E-state index in [1.807, 2.05) is 0 Å². The Hall–Kier alpha value is -0.170. The Labute approximate surface area is 112 Å². The molecule has 0 aromatic heterocycles. The lowest BCUT2D eigenvalue weighted by Gasteiger charge is -2.38. The Balaban J connectivity index is 2.43. The monoisotopic (exact) mass is 277 g/mol. The summed E-state index contributed by atoms with van der Waals surface area (Å²) < 4.78 is 26.0. The van der Waals surface area contributed by atoms with E-state index in [1.54, 1.807) is 4.31 Å². The highest BCUT2D eigenvalue weighted by molar-refractivity contribution is 7.89. The van der Waals surface area contributed by atoms with E-state index < -0.39 is 10.0 Å². The summed E-state index contributed by atoms with van der Waals surface area (Å²) in [4.78, 5) is 2.32. The normalized spacial score (nSPS) is 23.4. The average molecular weight is 277 g/mol. The number of piperazine rings is 1. The lowest BCUT2D eigenvalue weighted by molar-refractivity contribution is 0.135. The van der Waals surface area contributed by atoms with Crippen molar-refractivity contribution in [3.05, 3.63) is 0 Å². The zero-order valence-corrected chi connectivity index (χ0v) is 12.7. The minimum atomic E-state index is -3.08. The van der Waals surface area contributed by atoms with Crippen molar-refractivity contribution in [3.8, 4) is 0 Å². The van der Waals surface area contributed by atoms with Gasteiger partial charge in [-0.2, -0.15) is 4.31 Å². The molecule has 1 fully saturated rings. The van der Waals surface area contributed by atoms with E-state index in [2.05, 4.69) is 31.0 Å². The van der Waals surface area contributed by atoms with E-state index in [4.69, 9.17) is 0 Å². The van der Waals surface area contributed by atoms with Gasteiger partial charge >= 0.3 is 0 Å². The van der Waals surface area contributed by atoms with Crippen molar-refractivity contribution >= 4 is 10.0 Å². The number of likely N-dealkylation sites (N-methyl/N-ethyl adjacent to an activating group) is 1. The van der Waals surface area contributed by atoms with Gasteiger partial charge in [-0.25, -0.2) is 8.42 Å². The van der Waals surface area contributed by atoms with Crippen LogP contribution in [0.4, 0.5) is 0 Å². The van der Waals surface area contributed by atoms with Gasteiger partial charge in [0.25, 0.3) is 0 Å². The van der Waals surface area contributed by atoms with Gasteiger partial charge in [-0.1, -0.05) is 13.8 Å². The first-order valence-corrected chi connectivity index (χ1v) is 8.54. The van der Waals surface area contributed by atoms with Crippen LogP contribution in [-0.4, -0.2) is 68.7 Å². The topological polar surface area (TPSA) is 52.7 Å². The number of hydrogen-bond donors (Lipinski definition) is 1. The molecule has 6 heteroatoms. The van der Waals surface area contributed by atoms with Crippen molar-refractivity contribution in [3.63, 3.8) is 0 Å². The van der Waals surface area contributed by atoms with Crippen molar-refractivity contribution in [1.29, 1.82) is 0 Å². The average Bonchev–Trinajstić information content (AvgIpc) is 2.34. The maximum atomic E-state index is 12.2. The molecule has 0 aromatic rings. The Kier molecular flexibility index (Phi) is 6.55. The molecular formula is C12H27N3O2S. The van der Waals surface area contributed by atoms with Crippen LogP contribution < -0.4 is 5.32 Å². The Bertz CT molecular complexity index is 332. The fraction of sp³-hybridized carbons (Fsp3) is 1.00. The van der Waals surface area contributed by atoms with Crippen molar-refractivity contribution < 1.29 is 8.42 Å². The van der Waals surface area contributed by atoms with Crippen LogP contribution in [-0.2, 0) is 10.0 Å². The van der Waals surface area contributed by atoms with Crippen LogP contribution in [0, 0.1) is 0 Å². The summed E-state index contributed by atoms with van der Waals surface area (Å²) in [6.07, 6.45) is 1.03. The van der Waals surface area contributed by atoms with Crippen molar-refractivity contribution in [2.75, 3.05) is 45.0 Å². The van der Waals surface area contributed by atoms with E-state index >= 15 is 0 Å². The molecule has 0 saturated carbocycles. The molecule has 1 aliphatic heterocycles. The first-order chi connectivity index (χ1) is 8.51. The van der Waals surface area contributed by atoms with Gasteiger partial charge in [-0.15, -0.1) is 0 Å². The van der Waals surface area contributed by atoms with Gasteiger partial charge in [0.2, 0.25) is 10.0 Å². The fourth-order valence-corrected chi connectivity index (χ4v) is 3.78. The third-order valence-electron chi connectivity index (χ3n) is 3.49. The summed E-state index contributed by atoms with van der Waals surface area (Å²) in [7, 11) is -3.08. The van der Waals surface area contributed by atoms with E-state index in [-0.39, 0.29) is 5.75 Å². The molecule has 0 aliphatic carbocycles. The minimum absolute atomic E-state index is 0.214. The molecule has 1 aliphatic rings. The largest absolute Gasteiger partial charge is 0.316 e. The van der Waals surface area contributed by atoms with Gasteiger partial charge < -0.3 is 5.32 Å². The number of nitrogens with one attached hydrogen (secondary N) is 1. The highest BCUT2D eigenvalue weighted by Crippen LogP contribution is 2.12. The number of hydrogen-bond acceptors (Lipinski definition) is 4. The first-order valence-electron chi connectivity index (χ1n) is 6.93. The van der Waals surface area contributed by atoms with Crippen LogP contribution in [0.1, 0.15) is 27.2 Å². The van der Waals surface area contributed by atoms with Gasteiger partial charge in [-0.3, -0.25) is 4.90 Å². The predicted octanol–water partition coefficient (Wildman–Crippen LogP) is 0.342. The van der Waals surface area contributed by atoms with Gasteiger partial charge in [0.05, 0.1) is 5.75 Å². The van der Waals surface area contributed by atoms with Crippen LogP contribution in [0.25, 0.3) is 0 Å². The maximum Gasteiger partial charge on any atom is 0.215 e. The Morgan fingerprint density at radius 1 is 1.22 bits per heavy atom. The molecule has 0 spiro atoms. The highest BCUT2D eigenvalue weighted by Gasteiger charge is 2.29. The predicted molar refractivity (Wildman–Crippen MR) is 75.2 cm³/mol. The number of sulfonamides is 1. The third-order valence-corrected chi connectivity index (χ3v) is 5.33. The maximum absolute atomic E-state index is 12.2. The lowest BCUT2D eigenvalue weighted by Crippen LogP contribution is -2.54.